The quantitative estimate of drug-likeness (QED) is 0.480. The molecule has 0 fully saturated rings. The molecule has 1 aromatic carbocycles. The first-order valence-electron chi connectivity index (χ1n) is 7.00. The van der Waals surface area contributed by atoms with Crippen molar-refractivity contribution in [3.05, 3.63) is 23.8 Å². The lowest BCUT2D eigenvalue weighted by atomic mass is 10.1. The molecule has 0 aliphatic heterocycles. The van der Waals surface area contributed by atoms with Gasteiger partial charge in [-0.2, -0.15) is 0 Å². The Labute approximate surface area is 135 Å². The Balaban J connectivity index is 2.68. The number of rotatable bonds is 8. The number of Topliss-reactive ketones (excluding diaryl/α,β-unsaturated/α-hetero) is 1. The van der Waals surface area contributed by atoms with Crippen molar-refractivity contribution in [3.63, 3.8) is 0 Å². The second-order valence-electron chi connectivity index (χ2n) is 4.75. The third-order valence-electron chi connectivity index (χ3n) is 2.71. The van der Waals surface area contributed by atoms with E-state index in [0.717, 1.165) is 6.26 Å². The van der Waals surface area contributed by atoms with Crippen LogP contribution in [-0.4, -0.2) is 46.2 Å². The van der Waals surface area contributed by atoms with Crippen LogP contribution in [-0.2, 0) is 10.0 Å². The van der Waals surface area contributed by atoms with Gasteiger partial charge in [0.05, 0.1) is 18.6 Å². The first kappa shape index (κ1) is 18.9. The first-order valence-corrected chi connectivity index (χ1v) is 8.89. The Kier molecular flexibility index (Phi) is 6.98. The van der Waals surface area contributed by atoms with E-state index < -0.39 is 16.1 Å². The SMILES string of the molecule is CCOc1ccc(C(C)=O)cc1NC(=O)NCCNS(C)(=O)=O. The van der Waals surface area contributed by atoms with E-state index in [2.05, 4.69) is 15.4 Å². The van der Waals surface area contributed by atoms with Gasteiger partial charge in [0.2, 0.25) is 10.0 Å². The van der Waals surface area contributed by atoms with Crippen LogP contribution in [0, 0.1) is 0 Å². The molecule has 0 aromatic heterocycles. The number of hydrogen-bond donors (Lipinski definition) is 3. The van der Waals surface area contributed by atoms with Crippen LogP contribution in [0.25, 0.3) is 0 Å². The van der Waals surface area contributed by atoms with Gasteiger partial charge < -0.3 is 15.4 Å². The molecule has 0 saturated carbocycles. The summed E-state index contributed by atoms with van der Waals surface area (Å²) in [5, 5.41) is 5.09. The first-order chi connectivity index (χ1) is 10.7. The fraction of sp³-hybridized carbons (Fsp3) is 0.429. The summed E-state index contributed by atoms with van der Waals surface area (Å²) in [7, 11) is -3.29. The zero-order valence-electron chi connectivity index (χ0n) is 13.3. The number of hydrogen-bond acceptors (Lipinski definition) is 5. The van der Waals surface area contributed by atoms with Crippen molar-refractivity contribution in [1.29, 1.82) is 0 Å². The molecule has 0 aliphatic carbocycles. The van der Waals surface area contributed by atoms with Gasteiger partial charge in [0.25, 0.3) is 0 Å². The monoisotopic (exact) mass is 343 g/mol. The molecule has 0 unspecified atom stereocenters. The standard InChI is InChI=1S/C14H21N3O5S/c1-4-22-13-6-5-11(10(2)18)9-12(13)17-14(19)15-7-8-16-23(3,20)21/h5-6,9,16H,4,7-8H2,1-3H3,(H2,15,17,19). The topological polar surface area (TPSA) is 114 Å². The summed E-state index contributed by atoms with van der Waals surface area (Å²) >= 11 is 0. The Morgan fingerprint density at radius 1 is 1.22 bits per heavy atom. The fourth-order valence-corrected chi connectivity index (χ4v) is 2.18. The van der Waals surface area contributed by atoms with Crippen LogP contribution in [0.15, 0.2) is 18.2 Å². The highest BCUT2D eigenvalue weighted by Crippen LogP contribution is 2.26. The van der Waals surface area contributed by atoms with Crippen LogP contribution in [0.4, 0.5) is 10.5 Å². The van der Waals surface area contributed by atoms with Crippen molar-refractivity contribution in [2.75, 3.05) is 31.3 Å². The minimum absolute atomic E-state index is 0.0814. The van der Waals surface area contributed by atoms with Crippen molar-refractivity contribution >= 4 is 27.5 Å². The summed E-state index contributed by atoms with van der Waals surface area (Å²) in [5.41, 5.74) is 0.815. The summed E-state index contributed by atoms with van der Waals surface area (Å²) in [5.74, 6) is 0.316. The predicted molar refractivity (Wildman–Crippen MR) is 87.5 cm³/mol. The van der Waals surface area contributed by atoms with Gasteiger partial charge >= 0.3 is 6.03 Å². The molecule has 0 atom stereocenters. The van der Waals surface area contributed by atoms with Crippen LogP contribution in [0.2, 0.25) is 0 Å². The van der Waals surface area contributed by atoms with Crippen molar-refractivity contribution in [2.45, 2.75) is 13.8 Å². The van der Waals surface area contributed by atoms with E-state index in [0.29, 0.717) is 23.6 Å². The lowest BCUT2D eigenvalue weighted by Gasteiger charge is -2.13. The zero-order valence-corrected chi connectivity index (χ0v) is 14.1. The highest BCUT2D eigenvalue weighted by Gasteiger charge is 2.10. The average molecular weight is 343 g/mol. The van der Waals surface area contributed by atoms with Gasteiger partial charge in [-0.3, -0.25) is 4.79 Å². The molecule has 3 N–H and O–H groups in total. The van der Waals surface area contributed by atoms with Gasteiger partial charge in [0.15, 0.2) is 5.78 Å². The number of sulfonamides is 1. The second-order valence-corrected chi connectivity index (χ2v) is 6.58. The van der Waals surface area contributed by atoms with E-state index in [1.54, 1.807) is 19.1 Å². The molecule has 128 valence electrons. The number of amides is 2. The molecule has 23 heavy (non-hydrogen) atoms. The number of urea groups is 1. The number of ether oxygens (including phenoxy) is 1. The van der Waals surface area contributed by atoms with Gasteiger partial charge in [0, 0.05) is 18.7 Å². The van der Waals surface area contributed by atoms with E-state index in [-0.39, 0.29) is 18.9 Å². The van der Waals surface area contributed by atoms with Gasteiger partial charge in [-0.15, -0.1) is 0 Å². The molecule has 0 bridgehead atoms. The molecule has 0 aliphatic rings. The number of benzene rings is 1. The van der Waals surface area contributed by atoms with Crippen LogP contribution in [0.5, 0.6) is 5.75 Å². The van der Waals surface area contributed by atoms with E-state index in [1.807, 2.05) is 0 Å². The largest absolute Gasteiger partial charge is 0.492 e. The van der Waals surface area contributed by atoms with Crippen LogP contribution in [0.1, 0.15) is 24.2 Å². The summed E-state index contributed by atoms with van der Waals surface area (Å²) < 4.78 is 29.4. The molecule has 2 amide bonds. The van der Waals surface area contributed by atoms with Gasteiger partial charge in [-0.05, 0) is 32.0 Å². The Hall–Kier alpha value is -2.13. The Morgan fingerprint density at radius 3 is 2.48 bits per heavy atom. The van der Waals surface area contributed by atoms with E-state index in [4.69, 9.17) is 4.74 Å². The van der Waals surface area contributed by atoms with Crippen LogP contribution in [0.3, 0.4) is 0 Å². The molecule has 0 spiro atoms. The molecule has 0 heterocycles. The summed E-state index contributed by atoms with van der Waals surface area (Å²) in [6.07, 6.45) is 1.04. The van der Waals surface area contributed by atoms with Gasteiger partial charge in [-0.25, -0.2) is 17.9 Å². The molecule has 8 nitrogen and oxygen atoms in total. The zero-order chi connectivity index (χ0) is 17.5. The smallest absolute Gasteiger partial charge is 0.319 e. The van der Waals surface area contributed by atoms with Crippen molar-refractivity contribution in [3.8, 4) is 5.75 Å². The molecule has 9 heteroatoms. The second kappa shape index (κ2) is 8.49. The van der Waals surface area contributed by atoms with Gasteiger partial charge in [-0.1, -0.05) is 0 Å². The maximum absolute atomic E-state index is 11.8. The average Bonchev–Trinajstić information content (AvgIpc) is 2.44. The lowest BCUT2D eigenvalue weighted by Crippen LogP contribution is -2.36. The highest BCUT2D eigenvalue weighted by molar-refractivity contribution is 7.88. The van der Waals surface area contributed by atoms with Crippen molar-refractivity contribution in [2.24, 2.45) is 0 Å². The number of carbonyl (C=O) groups excluding carboxylic acids is 2. The van der Waals surface area contributed by atoms with Gasteiger partial charge in [0.1, 0.15) is 5.75 Å². The number of nitrogens with one attached hydrogen (secondary N) is 3. The van der Waals surface area contributed by atoms with Crippen LogP contribution < -0.4 is 20.1 Å². The lowest BCUT2D eigenvalue weighted by molar-refractivity contribution is 0.101. The molecule has 1 rings (SSSR count). The molecule has 0 radical (unpaired) electrons. The van der Waals surface area contributed by atoms with E-state index in [1.165, 1.54) is 13.0 Å². The number of ketones is 1. The van der Waals surface area contributed by atoms with Crippen molar-refractivity contribution < 1.29 is 22.7 Å². The van der Waals surface area contributed by atoms with E-state index in [9.17, 15) is 18.0 Å². The third kappa shape index (κ3) is 7.11. The van der Waals surface area contributed by atoms with Crippen LogP contribution >= 0.6 is 0 Å². The maximum Gasteiger partial charge on any atom is 0.319 e. The Bertz CT molecular complexity index is 673. The summed E-state index contributed by atoms with van der Waals surface area (Å²) in [6.45, 7) is 3.84. The minimum Gasteiger partial charge on any atom is -0.492 e. The summed E-state index contributed by atoms with van der Waals surface area (Å²) in [4.78, 5) is 23.3. The molecule has 1 aromatic rings. The normalized spacial score (nSPS) is 10.9. The molecular formula is C14H21N3O5S. The predicted octanol–water partition coefficient (Wildman–Crippen LogP) is 0.959. The molecule has 0 saturated heterocycles. The van der Waals surface area contributed by atoms with Crippen molar-refractivity contribution in [1.82, 2.24) is 10.0 Å². The fourth-order valence-electron chi connectivity index (χ4n) is 1.71. The summed E-state index contributed by atoms with van der Waals surface area (Å²) in [6, 6.07) is 4.23. The maximum atomic E-state index is 11.8. The Morgan fingerprint density at radius 2 is 1.91 bits per heavy atom. The molecular weight excluding hydrogens is 322 g/mol. The minimum atomic E-state index is -3.29. The van der Waals surface area contributed by atoms with E-state index >= 15 is 0 Å². The number of carbonyl (C=O) groups is 2. The highest BCUT2D eigenvalue weighted by atomic mass is 32.2. The number of anilines is 1. The third-order valence-corrected chi connectivity index (χ3v) is 3.44.